The molecule has 1 N–H and O–H groups in total. The van der Waals surface area contributed by atoms with E-state index in [1.165, 1.54) is 0 Å². The zero-order chi connectivity index (χ0) is 7.78. The number of piperidine rings is 1. The molecule has 0 spiro atoms. The predicted molar refractivity (Wildman–Crippen MR) is 44.1 cm³/mol. The van der Waals surface area contributed by atoms with Crippen LogP contribution in [0.2, 0.25) is 0 Å². The van der Waals surface area contributed by atoms with Crippen molar-refractivity contribution in [2.45, 2.75) is 32.2 Å². The van der Waals surface area contributed by atoms with Crippen molar-refractivity contribution >= 4 is 23.0 Å². The predicted octanol–water partition coefficient (Wildman–Crippen LogP) is 1.04. The van der Waals surface area contributed by atoms with Gasteiger partial charge < -0.3 is 5.32 Å². The van der Waals surface area contributed by atoms with Gasteiger partial charge in [0.05, 0.1) is 11.4 Å². The van der Waals surface area contributed by atoms with Crippen molar-refractivity contribution in [1.82, 2.24) is 5.32 Å². The summed E-state index contributed by atoms with van der Waals surface area (Å²) in [5.74, 6) is 0.244. The van der Waals surface area contributed by atoms with Gasteiger partial charge in [-0.25, -0.2) is 0 Å². The SMILES string of the molecule is CC1(C)CC(=O)CC(=S)N1. The molecule has 0 unspecified atom stereocenters. The third-order valence-corrected chi connectivity index (χ3v) is 1.72. The minimum absolute atomic E-state index is 0.119. The Morgan fingerprint density at radius 1 is 1.60 bits per heavy atom. The highest BCUT2D eigenvalue weighted by Crippen LogP contribution is 2.15. The van der Waals surface area contributed by atoms with Crippen molar-refractivity contribution in [2.75, 3.05) is 0 Å². The van der Waals surface area contributed by atoms with E-state index in [1.54, 1.807) is 0 Å². The molecule has 0 amide bonds. The van der Waals surface area contributed by atoms with Crippen molar-refractivity contribution in [2.24, 2.45) is 0 Å². The fraction of sp³-hybridized carbons (Fsp3) is 0.714. The topological polar surface area (TPSA) is 29.1 Å². The molecule has 1 saturated heterocycles. The van der Waals surface area contributed by atoms with E-state index in [2.05, 4.69) is 5.32 Å². The van der Waals surface area contributed by atoms with Gasteiger partial charge in [-0.2, -0.15) is 0 Å². The summed E-state index contributed by atoms with van der Waals surface area (Å²) in [7, 11) is 0. The summed E-state index contributed by atoms with van der Waals surface area (Å²) in [4.78, 5) is 11.6. The summed E-state index contributed by atoms with van der Waals surface area (Å²) in [6.45, 7) is 3.96. The molecular weight excluding hydrogens is 146 g/mol. The monoisotopic (exact) mass is 157 g/mol. The molecule has 1 aliphatic rings. The molecule has 1 fully saturated rings. The average Bonchev–Trinajstić information content (AvgIpc) is 1.54. The number of hydrogen-bond donors (Lipinski definition) is 1. The number of Topliss-reactive ketones (excluding diaryl/α,β-unsaturated/α-hetero) is 1. The lowest BCUT2D eigenvalue weighted by Crippen LogP contribution is -2.49. The first-order valence-corrected chi connectivity index (χ1v) is 3.73. The first kappa shape index (κ1) is 7.66. The van der Waals surface area contributed by atoms with Gasteiger partial charge in [-0.1, -0.05) is 12.2 Å². The Morgan fingerprint density at radius 2 is 2.20 bits per heavy atom. The summed E-state index contributed by atoms with van der Waals surface area (Å²) < 4.78 is 0. The van der Waals surface area contributed by atoms with Crippen LogP contribution in [-0.2, 0) is 4.79 Å². The second-order valence-electron chi connectivity index (χ2n) is 3.32. The van der Waals surface area contributed by atoms with Gasteiger partial charge in [-0.05, 0) is 13.8 Å². The van der Waals surface area contributed by atoms with Gasteiger partial charge in [-0.3, -0.25) is 4.79 Å². The van der Waals surface area contributed by atoms with Gasteiger partial charge in [-0.15, -0.1) is 0 Å². The van der Waals surface area contributed by atoms with Crippen LogP contribution in [0.5, 0.6) is 0 Å². The third kappa shape index (κ3) is 1.77. The largest absolute Gasteiger partial charge is 0.374 e. The summed E-state index contributed by atoms with van der Waals surface area (Å²) in [6.07, 6.45) is 1.02. The molecule has 0 bridgehead atoms. The minimum atomic E-state index is -0.119. The standard InChI is InChI=1S/C7H11NOS/c1-7(2)4-5(9)3-6(10)8-7/h3-4H2,1-2H3,(H,8,10). The van der Waals surface area contributed by atoms with Crippen LogP contribution in [0, 0.1) is 0 Å². The zero-order valence-electron chi connectivity index (χ0n) is 6.23. The number of hydrogen-bond acceptors (Lipinski definition) is 2. The summed E-state index contributed by atoms with van der Waals surface area (Å²) >= 11 is 4.90. The molecule has 56 valence electrons. The molecule has 2 nitrogen and oxygen atoms in total. The van der Waals surface area contributed by atoms with E-state index >= 15 is 0 Å². The number of rotatable bonds is 0. The van der Waals surface area contributed by atoms with E-state index in [9.17, 15) is 4.79 Å². The van der Waals surface area contributed by atoms with Crippen LogP contribution < -0.4 is 5.32 Å². The molecule has 0 saturated carbocycles. The number of ketones is 1. The quantitative estimate of drug-likeness (QED) is 0.533. The Balaban J connectivity index is 2.68. The Kier molecular flexibility index (Phi) is 1.77. The molecule has 0 aromatic rings. The van der Waals surface area contributed by atoms with E-state index in [4.69, 9.17) is 12.2 Å². The summed E-state index contributed by atoms with van der Waals surface area (Å²) in [6, 6.07) is 0. The maximum Gasteiger partial charge on any atom is 0.141 e. The van der Waals surface area contributed by atoms with Crippen LogP contribution in [0.25, 0.3) is 0 Å². The lowest BCUT2D eigenvalue weighted by molar-refractivity contribution is -0.119. The van der Waals surface area contributed by atoms with Crippen molar-refractivity contribution < 1.29 is 4.79 Å². The Hall–Kier alpha value is -0.440. The van der Waals surface area contributed by atoms with Crippen LogP contribution in [-0.4, -0.2) is 16.3 Å². The molecule has 0 aromatic heterocycles. The highest BCUT2D eigenvalue weighted by atomic mass is 32.1. The van der Waals surface area contributed by atoms with Gasteiger partial charge in [0.2, 0.25) is 0 Å². The Bertz CT molecular complexity index is 168. The molecule has 1 rings (SSSR count). The first-order valence-electron chi connectivity index (χ1n) is 3.32. The number of nitrogens with one attached hydrogen (secondary N) is 1. The van der Waals surface area contributed by atoms with E-state index in [1.807, 2.05) is 13.8 Å². The zero-order valence-corrected chi connectivity index (χ0v) is 7.05. The highest BCUT2D eigenvalue weighted by Gasteiger charge is 2.27. The Morgan fingerprint density at radius 3 is 2.60 bits per heavy atom. The van der Waals surface area contributed by atoms with Crippen LogP contribution in [0.4, 0.5) is 0 Å². The Labute approximate surface area is 66.0 Å². The molecular formula is C7H11NOS. The van der Waals surface area contributed by atoms with Crippen molar-refractivity contribution in [3.05, 3.63) is 0 Å². The van der Waals surface area contributed by atoms with E-state index in [0.717, 1.165) is 0 Å². The molecule has 0 aromatic carbocycles. The molecule has 0 aliphatic carbocycles. The maximum absolute atomic E-state index is 11.0. The minimum Gasteiger partial charge on any atom is -0.374 e. The van der Waals surface area contributed by atoms with Crippen LogP contribution in [0.1, 0.15) is 26.7 Å². The van der Waals surface area contributed by atoms with Gasteiger partial charge in [0.15, 0.2) is 0 Å². The number of carbonyl (C=O) groups excluding carboxylic acids is 1. The molecule has 1 aliphatic heterocycles. The van der Waals surface area contributed by atoms with E-state index in [0.29, 0.717) is 17.8 Å². The maximum atomic E-state index is 11.0. The van der Waals surface area contributed by atoms with E-state index < -0.39 is 0 Å². The number of carbonyl (C=O) groups is 1. The molecule has 3 heteroatoms. The molecule has 0 radical (unpaired) electrons. The van der Waals surface area contributed by atoms with Crippen LogP contribution in [0.15, 0.2) is 0 Å². The molecule has 1 heterocycles. The highest BCUT2D eigenvalue weighted by molar-refractivity contribution is 7.80. The second-order valence-corrected chi connectivity index (χ2v) is 3.82. The summed E-state index contributed by atoms with van der Waals surface area (Å²) in [5, 5.41) is 3.10. The van der Waals surface area contributed by atoms with Gasteiger partial charge >= 0.3 is 0 Å². The van der Waals surface area contributed by atoms with Gasteiger partial charge in [0.1, 0.15) is 5.78 Å². The van der Waals surface area contributed by atoms with Gasteiger partial charge in [0, 0.05) is 12.0 Å². The number of thiocarbonyl (C=S) groups is 1. The lowest BCUT2D eigenvalue weighted by atomic mass is 9.92. The van der Waals surface area contributed by atoms with Crippen LogP contribution >= 0.6 is 12.2 Å². The van der Waals surface area contributed by atoms with Crippen molar-refractivity contribution in [3.8, 4) is 0 Å². The van der Waals surface area contributed by atoms with Crippen molar-refractivity contribution in [3.63, 3.8) is 0 Å². The molecule has 0 atom stereocenters. The van der Waals surface area contributed by atoms with Crippen LogP contribution in [0.3, 0.4) is 0 Å². The first-order chi connectivity index (χ1) is 4.49. The third-order valence-electron chi connectivity index (χ3n) is 1.47. The van der Waals surface area contributed by atoms with Crippen molar-refractivity contribution in [1.29, 1.82) is 0 Å². The smallest absolute Gasteiger partial charge is 0.141 e. The second kappa shape index (κ2) is 2.31. The average molecular weight is 157 g/mol. The fourth-order valence-corrected chi connectivity index (χ4v) is 1.64. The normalized spacial score (nSPS) is 24.2. The van der Waals surface area contributed by atoms with Gasteiger partial charge in [0.25, 0.3) is 0 Å². The lowest BCUT2D eigenvalue weighted by Gasteiger charge is -2.31. The molecule has 10 heavy (non-hydrogen) atoms. The van der Waals surface area contributed by atoms with E-state index in [-0.39, 0.29) is 11.3 Å². The fourth-order valence-electron chi connectivity index (χ4n) is 1.20. The summed E-state index contributed by atoms with van der Waals surface area (Å²) in [5.41, 5.74) is -0.119.